The average Bonchev–Trinajstić information content (AvgIpc) is 2.61. The van der Waals surface area contributed by atoms with Crippen LogP contribution < -0.4 is 0 Å². The number of nitrogens with one attached hydrogen (secondary N) is 1. The number of halogens is 2. The number of ether oxygens (including phenoxy) is 1. The van der Waals surface area contributed by atoms with Crippen LogP contribution in [0, 0.1) is 0 Å². The van der Waals surface area contributed by atoms with Gasteiger partial charge in [-0.3, -0.25) is 0 Å². The highest BCUT2D eigenvalue weighted by atomic mass is 35.5. The monoisotopic (exact) mass is 258 g/mol. The summed E-state index contributed by atoms with van der Waals surface area (Å²) in [5, 5.41) is 1.07. The minimum atomic E-state index is 0.532. The number of aromatic nitrogens is 2. The Kier molecular flexibility index (Phi) is 3.69. The van der Waals surface area contributed by atoms with Crippen LogP contribution in [0.2, 0.25) is 10.0 Å². The van der Waals surface area contributed by atoms with Crippen molar-refractivity contribution in [2.75, 3.05) is 13.7 Å². The molecule has 0 aliphatic carbocycles. The van der Waals surface area contributed by atoms with Gasteiger partial charge in [-0.1, -0.05) is 23.2 Å². The van der Waals surface area contributed by atoms with Crippen LogP contribution in [0.25, 0.3) is 11.0 Å². The van der Waals surface area contributed by atoms with Crippen LogP contribution in [0.4, 0.5) is 0 Å². The molecule has 0 fully saturated rings. The Morgan fingerprint density at radius 3 is 2.81 bits per heavy atom. The lowest BCUT2D eigenvalue weighted by Crippen LogP contribution is -1.93. The molecule has 1 N–H and O–H groups in total. The second-order valence-corrected chi connectivity index (χ2v) is 4.38. The summed E-state index contributed by atoms with van der Waals surface area (Å²) in [5.41, 5.74) is 1.77. The molecule has 16 heavy (non-hydrogen) atoms. The van der Waals surface area contributed by atoms with E-state index >= 15 is 0 Å². The van der Waals surface area contributed by atoms with Gasteiger partial charge in [0.1, 0.15) is 5.82 Å². The second kappa shape index (κ2) is 5.04. The number of imidazole rings is 1. The standard InChI is InChI=1S/C11H12Cl2N2O/c1-16-4-2-3-11-14-9-5-7(12)8(13)6-10(9)15-11/h5-6H,2-4H2,1H3,(H,14,15). The fraction of sp³-hybridized carbons (Fsp3) is 0.364. The highest BCUT2D eigenvalue weighted by Crippen LogP contribution is 2.26. The van der Waals surface area contributed by atoms with E-state index in [1.807, 2.05) is 0 Å². The molecule has 1 aromatic heterocycles. The maximum Gasteiger partial charge on any atom is 0.107 e. The number of benzene rings is 1. The maximum atomic E-state index is 5.92. The summed E-state index contributed by atoms with van der Waals surface area (Å²) in [5.74, 6) is 0.936. The van der Waals surface area contributed by atoms with Crippen molar-refractivity contribution in [1.29, 1.82) is 0 Å². The maximum absolute atomic E-state index is 5.92. The quantitative estimate of drug-likeness (QED) is 0.854. The van der Waals surface area contributed by atoms with Gasteiger partial charge in [0.05, 0.1) is 21.1 Å². The molecule has 0 saturated carbocycles. The van der Waals surface area contributed by atoms with Crippen molar-refractivity contribution in [3.8, 4) is 0 Å². The molecule has 0 unspecified atom stereocenters. The van der Waals surface area contributed by atoms with Crippen molar-refractivity contribution in [3.63, 3.8) is 0 Å². The van der Waals surface area contributed by atoms with Crippen LogP contribution in [-0.4, -0.2) is 23.7 Å². The van der Waals surface area contributed by atoms with Gasteiger partial charge >= 0.3 is 0 Å². The van der Waals surface area contributed by atoms with Crippen molar-refractivity contribution in [2.24, 2.45) is 0 Å². The highest BCUT2D eigenvalue weighted by molar-refractivity contribution is 6.42. The molecule has 3 nitrogen and oxygen atoms in total. The van der Waals surface area contributed by atoms with Crippen LogP contribution in [-0.2, 0) is 11.2 Å². The minimum Gasteiger partial charge on any atom is -0.385 e. The zero-order valence-corrected chi connectivity index (χ0v) is 10.4. The summed E-state index contributed by atoms with van der Waals surface area (Å²) >= 11 is 11.8. The van der Waals surface area contributed by atoms with E-state index in [0.29, 0.717) is 10.0 Å². The number of aryl methyl sites for hydroxylation is 1. The summed E-state index contributed by atoms with van der Waals surface area (Å²) in [6, 6.07) is 3.57. The molecule has 0 radical (unpaired) electrons. The molecule has 0 bridgehead atoms. The molecule has 2 rings (SSSR count). The van der Waals surface area contributed by atoms with Gasteiger partial charge in [-0.05, 0) is 18.6 Å². The van der Waals surface area contributed by atoms with Gasteiger partial charge in [0, 0.05) is 20.1 Å². The Bertz CT molecular complexity index is 457. The SMILES string of the molecule is COCCCc1nc2cc(Cl)c(Cl)cc2[nH]1. The predicted molar refractivity (Wildman–Crippen MR) is 66.3 cm³/mol. The zero-order chi connectivity index (χ0) is 11.5. The van der Waals surface area contributed by atoms with E-state index in [-0.39, 0.29) is 0 Å². The number of hydrogen-bond donors (Lipinski definition) is 1. The largest absolute Gasteiger partial charge is 0.385 e. The van der Waals surface area contributed by atoms with Gasteiger partial charge in [0.2, 0.25) is 0 Å². The van der Waals surface area contributed by atoms with Gasteiger partial charge in [-0.15, -0.1) is 0 Å². The van der Waals surface area contributed by atoms with Crippen molar-refractivity contribution in [2.45, 2.75) is 12.8 Å². The van der Waals surface area contributed by atoms with Crippen LogP contribution in [0.1, 0.15) is 12.2 Å². The molecule has 0 spiro atoms. The third-order valence-corrected chi connectivity index (χ3v) is 3.06. The molecule has 5 heteroatoms. The van der Waals surface area contributed by atoms with E-state index in [1.54, 1.807) is 19.2 Å². The lowest BCUT2D eigenvalue weighted by Gasteiger charge is -1.95. The predicted octanol–water partition coefficient (Wildman–Crippen LogP) is 3.45. The first-order valence-corrected chi connectivity index (χ1v) is 5.79. The summed E-state index contributed by atoms with van der Waals surface area (Å²) in [6.45, 7) is 0.735. The molecular formula is C11H12Cl2N2O. The Morgan fingerprint density at radius 2 is 2.06 bits per heavy atom. The molecule has 2 aromatic rings. The van der Waals surface area contributed by atoms with Crippen LogP contribution in [0.5, 0.6) is 0 Å². The Labute approximate surface area is 104 Å². The van der Waals surface area contributed by atoms with Crippen molar-refractivity contribution in [3.05, 3.63) is 28.0 Å². The lowest BCUT2D eigenvalue weighted by atomic mass is 10.3. The van der Waals surface area contributed by atoms with Gasteiger partial charge in [0.25, 0.3) is 0 Å². The van der Waals surface area contributed by atoms with E-state index in [0.717, 1.165) is 36.3 Å². The van der Waals surface area contributed by atoms with Crippen LogP contribution in [0.3, 0.4) is 0 Å². The number of hydrogen-bond acceptors (Lipinski definition) is 2. The summed E-state index contributed by atoms with van der Waals surface area (Å²) in [6.07, 6.45) is 1.80. The third kappa shape index (κ3) is 2.48. The van der Waals surface area contributed by atoms with Crippen molar-refractivity contribution < 1.29 is 4.74 Å². The molecule has 0 atom stereocenters. The number of methoxy groups -OCH3 is 1. The van der Waals surface area contributed by atoms with Crippen molar-refractivity contribution in [1.82, 2.24) is 9.97 Å². The van der Waals surface area contributed by atoms with E-state index in [1.165, 1.54) is 0 Å². The Balaban J connectivity index is 2.23. The number of aromatic amines is 1. The molecule has 1 heterocycles. The molecule has 0 amide bonds. The Hall–Kier alpha value is -0.770. The molecule has 0 aliphatic rings. The van der Waals surface area contributed by atoms with E-state index in [9.17, 15) is 0 Å². The number of fused-ring (bicyclic) bond motifs is 1. The second-order valence-electron chi connectivity index (χ2n) is 3.56. The lowest BCUT2D eigenvalue weighted by molar-refractivity contribution is 0.194. The first kappa shape index (κ1) is 11.7. The molecule has 0 aliphatic heterocycles. The highest BCUT2D eigenvalue weighted by Gasteiger charge is 2.06. The molecule has 0 saturated heterocycles. The average molecular weight is 259 g/mol. The fourth-order valence-electron chi connectivity index (χ4n) is 1.56. The van der Waals surface area contributed by atoms with Gasteiger partial charge in [-0.2, -0.15) is 0 Å². The number of H-pyrrole nitrogens is 1. The topological polar surface area (TPSA) is 37.9 Å². The van der Waals surface area contributed by atoms with Gasteiger partial charge in [0.15, 0.2) is 0 Å². The smallest absolute Gasteiger partial charge is 0.107 e. The van der Waals surface area contributed by atoms with E-state index in [2.05, 4.69) is 9.97 Å². The van der Waals surface area contributed by atoms with Crippen LogP contribution in [0.15, 0.2) is 12.1 Å². The number of nitrogens with zero attached hydrogens (tertiary/aromatic N) is 1. The zero-order valence-electron chi connectivity index (χ0n) is 8.89. The minimum absolute atomic E-state index is 0.532. The first-order valence-electron chi connectivity index (χ1n) is 5.03. The molecule has 1 aromatic carbocycles. The van der Waals surface area contributed by atoms with Gasteiger partial charge < -0.3 is 9.72 Å². The molecule has 86 valence electrons. The number of rotatable bonds is 4. The van der Waals surface area contributed by atoms with Gasteiger partial charge in [-0.25, -0.2) is 4.98 Å². The summed E-state index contributed by atoms with van der Waals surface area (Å²) < 4.78 is 4.99. The van der Waals surface area contributed by atoms with E-state index < -0.39 is 0 Å². The summed E-state index contributed by atoms with van der Waals surface area (Å²) in [7, 11) is 1.69. The third-order valence-electron chi connectivity index (χ3n) is 2.34. The molecular weight excluding hydrogens is 247 g/mol. The summed E-state index contributed by atoms with van der Waals surface area (Å²) in [4.78, 5) is 7.65. The van der Waals surface area contributed by atoms with Crippen LogP contribution >= 0.6 is 23.2 Å². The van der Waals surface area contributed by atoms with E-state index in [4.69, 9.17) is 27.9 Å². The normalized spacial score (nSPS) is 11.2. The van der Waals surface area contributed by atoms with Crippen molar-refractivity contribution >= 4 is 34.2 Å². The fourth-order valence-corrected chi connectivity index (χ4v) is 1.88. The first-order chi connectivity index (χ1) is 7.70. The Morgan fingerprint density at radius 1 is 1.31 bits per heavy atom.